The maximum absolute atomic E-state index is 12.4. The molecular formula is C22H25ClN4O3S. The van der Waals surface area contributed by atoms with E-state index in [1.807, 2.05) is 55.7 Å². The second kappa shape index (κ2) is 10.5. The van der Waals surface area contributed by atoms with E-state index in [-0.39, 0.29) is 17.8 Å². The molecule has 0 aliphatic rings. The minimum Gasteiger partial charge on any atom is -0.497 e. The molecule has 3 aromatic rings. The number of thioether (sulfide) groups is 1. The van der Waals surface area contributed by atoms with Crippen molar-refractivity contribution in [3.05, 3.63) is 58.9 Å². The van der Waals surface area contributed by atoms with E-state index >= 15 is 0 Å². The molecule has 164 valence electrons. The monoisotopic (exact) mass is 460 g/mol. The summed E-state index contributed by atoms with van der Waals surface area (Å²) in [5.74, 6) is 2.21. The molecule has 31 heavy (non-hydrogen) atoms. The number of hydrogen-bond acceptors (Lipinski definition) is 6. The minimum absolute atomic E-state index is 0.133. The van der Waals surface area contributed by atoms with Crippen molar-refractivity contribution in [2.75, 3.05) is 18.2 Å². The Hall–Kier alpha value is -2.71. The molecule has 3 rings (SSSR count). The molecule has 0 radical (unpaired) electrons. The number of amides is 1. The molecule has 1 heterocycles. The number of aryl methyl sites for hydroxylation is 1. The Balaban J connectivity index is 1.64. The lowest BCUT2D eigenvalue weighted by molar-refractivity contribution is -0.113. The summed E-state index contributed by atoms with van der Waals surface area (Å²) in [6.07, 6.45) is -0.313. The molecule has 1 aromatic heterocycles. The number of ether oxygens (including phenoxy) is 2. The van der Waals surface area contributed by atoms with Crippen LogP contribution in [-0.2, 0) is 11.3 Å². The first-order chi connectivity index (χ1) is 14.9. The van der Waals surface area contributed by atoms with Crippen LogP contribution in [-0.4, -0.2) is 33.5 Å². The van der Waals surface area contributed by atoms with Crippen molar-refractivity contribution < 1.29 is 14.3 Å². The van der Waals surface area contributed by atoms with Crippen molar-refractivity contribution in [3.63, 3.8) is 0 Å². The molecule has 9 heteroatoms. The van der Waals surface area contributed by atoms with Crippen LogP contribution in [0.3, 0.4) is 0 Å². The van der Waals surface area contributed by atoms with Crippen LogP contribution in [0.5, 0.6) is 11.5 Å². The normalized spacial score (nSPS) is 11.8. The fourth-order valence-corrected chi connectivity index (χ4v) is 4.06. The molecule has 1 N–H and O–H groups in total. The number of methoxy groups -OCH3 is 1. The van der Waals surface area contributed by atoms with Crippen molar-refractivity contribution in [2.24, 2.45) is 0 Å². The number of carbonyl (C=O) groups is 1. The number of rotatable bonds is 9. The summed E-state index contributed by atoms with van der Waals surface area (Å²) in [6, 6.07) is 12.7. The van der Waals surface area contributed by atoms with E-state index in [0.717, 1.165) is 11.3 Å². The van der Waals surface area contributed by atoms with Gasteiger partial charge in [-0.1, -0.05) is 29.4 Å². The Morgan fingerprint density at radius 1 is 1.26 bits per heavy atom. The van der Waals surface area contributed by atoms with E-state index in [1.165, 1.54) is 11.8 Å². The Labute approximate surface area is 191 Å². The highest BCUT2D eigenvalue weighted by atomic mass is 35.5. The molecule has 0 fully saturated rings. The van der Waals surface area contributed by atoms with Gasteiger partial charge in [-0.2, -0.15) is 0 Å². The average molecular weight is 461 g/mol. The van der Waals surface area contributed by atoms with Gasteiger partial charge in [0.25, 0.3) is 0 Å². The third kappa shape index (κ3) is 5.92. The Bertz CT molecular complexity index is 1060. The van der Waals surface area contributed by atoms with E-state index < -0.39 is 0 Å². The molecule has 1 unspecified atom stereocenters. The zero-order valence-corrected chi connectivity index (χ0v) is 19.5. The molecule has 0 saturated heterocycles. The average Bonchev–Trinajstić information content (AvgIpc) is 3.17. The zero-order valence-electron chi connectivity index (χ0n) is 17.9. The molecule has 1 atom stereocenters. The second-order valence-corrected chi connectivity index (χ2v) is 8.20. The number of nitrogens with one attached hydrogen (secondary N) is 1. The van der Waals surface area contributed by atoms with Crippen molar-refractivity contribution in [2.45, 2.75) is 38.6 Å². The van der Waals surface area contributed by atoms with Crippen molar-refractivity contribution in [3.8, 4) is 11.5 Å². The lowest BCUT2D eigenvalue weighted by Gasteiger charge is -2.17. The molecule has 0 spiro atoms. The molecule has 1 amide bonds. The summed E-state index contributed by atoms with van der Waals surface area (Å²) >= 11 is 7.36. The molecule has 0 aliphatic carbocycles. The summed E-state index contributed by atoms with van der Waals surface area (Å²) in [7, 11) is 1.59. The highest BCUT2D eigenvalue weighted by Crippen LogP contribution is 2.28. The van der Waals surface area contributed by atoms with Crippen LogP contribution in [0.25, 0.3) is 0 Å². The van der Waals surface area contributed by atoms with Gasteiger partial charge in [0.15, 0.2) is 17.1 Å². The fraction of sp³-hybridized carbons (Fsp3) is 0.318. The largest absolute Gasteiger partial charge is 0.497 e. The van der Waals surface area contributed by atoms with Gasteiger partial charge >= 0.3 is 0 Å². The highest BCUT2D eigenvalue weighted by molar-refractivity contribution is 7.99. The van der Waals surface area contributed by atoms with Crippen LogP contribution in [0.1, 0.15) is 31.3 Å². The summed E-state index contributed by atoms with van der Waals surface area (Å²) in [6.45, 7) is 6.54. The molecule has 0 bridgehead atoms. The van der Waals surface area contributed by atoms with Crippen LogP contribution in [0, 0.1) is 6.92 Å². The van der Waals surface area contributed by atoms with Crippen LogP contribution in [0.4, 0.5) is 5.69 Å². The highest BCUT2D eigenvalue weighted by Gasteiger charge is 2.20. The molecule has 7 nitrogen and oxygen atoms in total. The predicted molar refractivity (Wildman–Crippen MR) is 123 cm³/mol. The number of carbonyl (C=O) groups excluding carboxylic acids is 1. The van der Waals surface area contributed by atoms with E-state index in [4.69, 9.17) is 21.1 Å². The Morgan fingerprint density at radius 2 is 2.06 bits per heavy atom. The standard InChI is InChI=1S/C22H25ClN4O3S/c1-5-27-21(15(3)30-19-10-9-16(23)11-14(19)2)25-26-22(27)31-13-20(28)24-17-7-6-8-18(12-17)29-4/h6-12,15H,5,13H2,1-4H3,(H,24,28). The van der Waals surface area contributed by atoms with Crippen molar-refractivity contribution in [1.29, 1.82) is 0 Å². The topological polar surface area (TPSA) is 78.3 Å². The molecule has 2 aromatic carbocycles. The fourth-order valence-electron chi connectivity index (χ4n) is 3.02. The van der Waals surface area contributed by atoms with Crippen molar-refractivity contribution in [1.82, 2.24) is 14.8 Å². The minimum atomic E-state index is -0.313. The number of nitrogens with zero attached hydrogens (tertiary/aromatic N) is 3. The van der Waals surface area contributed by atoms with Gasteiger partial charge in [0.1, 0.15) is 11.5 Å². The SMILES string of the molecule is CCn1c(SCC(=O)Nc2cccc(OC)c2)nnc1C(C)Oc1ccc(Cl)cc1C. The number of aromatic nitrogens is 3. The summed E-state index contributed by atoms with van der Waals surface area (Å²) in [4.78, 5) is 12.4. The first-order valence-electron chi connectivity index (χ1n) is 9.83. The van der Waals surface area contributed by atoms with Gasteiger partial charge < -0.3 is 19.4 Å². The first-order valence-corrected chi connectivity index (χ1v) is 11.2. The Morgan fingerprint density at radius 3 is 2.77 bits per heavy atom. The summed E-state index contributed by atoms with van der Waals surface area (Å²) in [5.41, 5.74) is 1.63. The maximum atomic E-state index is 12.4. The van der Waals surface area contributed by atoms with E-state index in [9.17, 15) is 4.79 Å². The number of anilines is 1. The van der Waals surface area contributed by atoms with Gasteiger partial charge in [-0.15, -0.1) is 10.2 Å². The molecule has 0 aliphatic heterocycles. The van der Waals surface area contributed by atoms with Crippen LogP contribution in [0.15, 0.2) is 47.6 Å². The third-order valence-electron chi connectivity index (χ3n) is 4.55. The van der Waals surface area contributed by atoms with E-state index in [1.54, 1.807) is 19.2 Å². The van der Waals surface area contributed by atoms with E-state index in [2.05, 4.69) is 15.5 Å². The first kappa shape index (κ1) is 23.0. The number of halogens is 1. The van der Waals surface area contributed by atoms with Gasteiger partial charge in [-0.25, -0.2) is 0 Å². The molecule has 0 saturated carbocycles. The van der Waals surface area contributed by atoms with Crippen LogP contribution < -0.4 is 14.8 Å². The lowest BCUT2D eigenvalue weighted by Crippen LogP contribution is -2.15. The quantitative estimate of drug-likeness (QED) is 0.445. The van der Waals surface area contributed by atoms with Crippen LogP contribution in [0.2, 0.25) is 5.02 Å². The van der Waals surface area contributed by atoms with Gasteiger partial charge in [0, 0.05) is 23.3 Å². The van der Waals surface area contributed by atoms with Gasteiger partial charge in [-0.3, -0.25) is 4.79 Å². The molecular weight excluding hydrogens is 436 g/mol. The van der Waals surface area contributed by atoms with Crippen LogP contribution >= 0.6 is 23.4 Å². The van der Waals surface area contributed by atoms with Gasteiger partial charge in [0.05, 0.1) is 12.9 Å². The van der Waals surface area contributed by atoms with Crippen molar-refractivity contribution >= 4 is 35.0 Å². The second-order valence-electron chi connectivity index (χ2n) is 6.82. The smallest absolute Gasteiger partial charge is 0.234 e. The maximum Gasteiger partial charge on any atom is 0.234 e. The lowest BCUT2D eigenvalue weighted by atomic mass is 10.2. The zero-order chi connectivity index (χ0) is 22.4. The Kier molecular flexibility index (Phi) is 7.81. The van der Waals surface area contributed by atoms with E-state index in [0.29, 0.717) is 34.0 Å². The number of hydrogen-bond donors (Lipinski definition) is 1. The number of benzene rings is 2. The predicted octanol–water partition coefficient (Wildman–Crippen LogP) is 5.14. The summed E-state index contributed by atoms with van der Waals surface area (Å²) in [5, 5.41) is 12.8. The third-order valence-corrected chi connectivity index (χ3v) is 5.75. The van der Waals surface area contributed by atoms with Gasteiger partial charge in [-0.05, 0) is 56.7 Å². The summed E-state index contributed by atoms with van der Waals surface area (Å²) < 4.78 is 13.2. The van der Waals surface area contributed by atoms with Gasteiger partial charge in [0.2, 0.25) is 5.91 Å².